The number of hydrogen-bond donors (Lipinski definition) is 5. The second-order valence-corrected chi connectivity index (χ2v) is 25.2. The predicted octanol–water partition coefficient (Wildman–Crippen LogP) is 6.66. The van der Waals surface area contributed by atoms with Crippen molar-refractivity contribution in [3.8, 4) is 0 Å². The molecule has 4 saturated heterocycles. The minimum Gasteiger partial charge on any atom is -0.485 e. The molecule has 6 fully saturated rings. The molecule has 0 aromatic carbocycles. The number of ketones is 2. The van der Waals surface area contributed by atoms with Crippen LogP contribution in [0.4, 0.5) is 14.4 Å². The quantitative estimate of drug-likeness (QED) is 0.168. The molecule has 6 amide bonds. The van der Waals surface area contributed by atoms with Gasteiger partial charge in [0.25, 0.3) is 0 Å². The average Bonchev–Trinajstić information content (AvgIpc) is 4.22. The molecule has 22 nitrogen and oxygen atoms in total. The van der Waals surface area contributed by atoms with Crippen LogP contribution in [0.3, 0.4) is 0 Å². The van der Waals surface area contributed by atoms with Crippen LogP contribution in [0.25, 0.3) is 0 Å². The van der Waals surface area contributed by atoms with E-state index in [9.17, 15) is 28.8 Å². The summed E-state index contributed by atoms with van der Waals surface area (Å²) in [4.78, 5) is 117. The van der Waals surface area contributed by atoms with E-state index in [1.807, 2.05) is 48.5 Å². The maximum absolute atomic E-state index is 15.1. The fourth-order valence-corrected chi connectivity index (χ4v) is 12.3. The molecule has 8 rings (SSSR count). The van der Waals surface area contributed by atoms with E-state index in [4.69, 9.17) is 39.3 Å². The Bertz CT molecular complexity index is 2640. The van der Waals surface area contributed by atoms with Crippen LogP contribution in [0.15, 0.2) is 50.7 Å². The largest absolute Gasteiger partial charge is 0.485 e. The van der Waals surface area contributed by atoms with Crippen LogP contribution >= 0.6 is 0 Å². The summed E-state index contributed by atoms with van der Waals surface area (Å²) in [5.41, 5.74) is -2.50. The minimum absolute atomic E-state index is 0.00893. The maximum Gasteiger partial charge on any atom is 0.408 e. The molecular formula is C57H83N11O11. The Balaban J connectivity index is 1.05. The van der Waals surface area contributed by atoms with Crippen LogP contribution in [0.1, 0.15) is 147 Å². The molecule has 0 spiro atoms. The molecule has 6 aliphatic heterocycles. The van der Waals surface area contributed by atoms with Crippen LogP contribution in [-0.2, 0) is 38.1 Å². The number of Topliss-reactive ketones (excluding diaryl/α,β-unsaturated/α-hetero) is 2. The van der Waals surface area contributed by atoms with Gasteiger partial charge in [0.2, 0.25) is 11.8 Å². The number of amides is 6. The first-order chi connectivity index (χ1) is 37.2. The number of alkyl carbamates (subject to hydrolysis) is 2. The predicted molar refractivity (Wildman–Crippen MR) is 295 cm³/mol. The van der Waals surface area contributed by atoms with Crippen LogP contribution in [0.2, 0.25) is 0 Å². The maximum atomic E-state index is 15.1. The van der Waals surface area contributed by atoms with Gasteiger partial charge in [-0.2, -0.15) is 4.99 Å². The van der Waals surface area contributed by atoms with Gasteiger partial charge in [-0.3, -0.25) is 29.5 Å². The number of carbonyl (C=O) groups excluding carboxylic acids is 7. The fourth-order valence-electron chi connectivity index (χ4n) is 12.3. The number of urea groups is 1. The minimum atomic E-state index is -1.22. The van der Waals surface area contributed by atoms with Crippen LogP contribution in [0, 0.1) is 39.9 Å². The molecule has 6 heterocycles. The lowest BCUT2D eigenvalue weighted by molar-refractivity contribution is -0.141. The SMILES string of the molecule is CC(=O)[C@@H]1[C@H](C)[C@@H]2CN1C(=O)[C@H](C(C)(C)C)NC(=O)O[C@]1(C)C[C@H]1CCCCCN1C(=O)N/C(=C\C=N\CC(C)(C)[C@@H]3NC(=O)O[C@]4(C)C[C@H]4CCCCCC4=N/C(=C/C=N)NC=C4O[C@H]4CN(C3=O)[C@H](C(C)=O)[C@@H]4C)N=C1O2. The summed E-state index contributed by atoms with van der Waals surface area (Å²) >= 11 is 0. The Kier molecular flexibility index (Phi) is 17.2. The van der Waals surface area contributed by atoms with Crippen LogP contribution in [0.5, 0.6) is 0 Å². The number of ether oxygens (including phenoxy) is 4. The number of fused-ring (bicyclic) bond motifs is 8. The molecule has 4 bridgehead atoms. The van der Waals surface area contributed by atoms with Gasteiger partial charge in [0.1, 0.15) is 47.1 Å². The first kappa shape index (κ1) is 58.5. The zero-order valence-electron chi connectivity index (χ0n) is 47.9. The Morgan fingerprint density at radius 3 is 1.89 bits per heavy atom. The van der Waals surface area contributed by atoms with Gasteiger partial charge in [-0.1, -0.05) is 74.1 Å². The van der Waals surface area contributed by atoms with Gasteiger partial charge in [0.05, 0.1) is 30.9 Å². The van der Waals surface area contributed by atoms with Crippen molar-refractivity contribution in [2.24, 2.45) is 49.5 Å². The Morgan fingerprint density at radius 2 is 1.32 bits per heavy atom. The molecule has 12 atom stereocenters. The van der Waals surface area contributed by atoms with Gasteiger partial charge in [-0.25, -0.2) is 24.3 Å². The van der Waals surface area contributed by atoms with Gasteiger partial charge < -0.3 is 50.1 Å². The summed E-state index contributed by atoms with van der Waals surface area (Å²) in [7, 11) is 0. The van der Waals surface area contributed by atoms with Gasteiger partial charge in [0, 0.05) is 60.8 Å². The monoisotopic (exact) mass is 1100 g/mol. The summed E-state index contributed by atoms with van der Waals surface area (Å²) in [5, 5.41) is 19.3. The topological polar surface area (TPSA) is 275 Å². The number of hydrogen-bond acceptors (Lipinski definition) is 16. The van der Waals surface area contributed by atoms with E-state index >= 15 is 4.79 Å². The third-order valence-corrected chi connectivity index (χ3v) is 17.4. The molecular weight excluding hydrogens is 1010 g/mol. The van der Waals surface area contributed by atoms with Crippen LogP contribution in [-0.4, -0.2) is 154 Å². The van der Waals surface area contributed by atoms with E-state index in [2.05, 4.69) is 21.3 Å². The number of rotatable bonds is 7. The highest BCUT2D eigenvalue weighted by molar-refractivity contribution is 6.00. The number of allylic oxidation sites excluding steroid dienone is 3. The Labute approximate surface area is 463 Å². The van der Waals surface area contributed by atoms with E-state index < -0.39 is 100 Å². The van der Waals surface area contributed by atoms with E-state index in [1.165, 1.54) is 40.8 Å². The molecule has 5 N–H and O–H groups in total. The second-order valence-electron chi connectivity index (χ2n) is 25.2. The number of aliphatic imine (C=N–C) groups is 3. The number of nitrogens with zero attached hydrogens (tertiary/aromatic N) is 6. The van der Waals surface area contributed by atoms with Crippen molar-refractivity contribution in [1.82, 2.24) is 36.0 Å². The summed E-state index contributed by atoms with van der Waals surface area (Å²) in [6.45, 7) is 19.7. The third-order valence-electron chi connectivity index (χ3n) is 17.4. The lowest BCUT2D eigenvalue weighted by Crippen LogP contribution is -2.58. The first-order valence-electron chi connectivity index (χ1n) is 28.3. The van der Waals surface area contributed by atoms with Gasteiger partial charge in [-0.05, 0) is 90.2 Å². The zero-order valence-corrected chi connectivity index (χ0v) is 47.9. The number of carbonyl (C=O) groups is 7. The van der Waals surface area contributed by atoms with Gasteiger partial charge >= 0.3 is 24.2 Å². The molecule has 8 aliphatic rings. The standard InChI is InChI=1S/C57H83N11O11/c1-32-40-29-68(44(32)34(3)69)49(72)47(65-53(75)79-57(11)26-36(57)18-14-12-16-20-38-39(76-40)28-60-42(61-38)21-23-58)55(8,9)31-59-24-22-43-62-50(73)66-25-17-13-15-19-37-27-56(37,10)78-52(74)64-46(54(5,6)7)48(71)67-30-41(77-51(66)63-43)33(2)45(67)35(4)70/h21-24,28,32-33,36-37,40-41,44-47,58,60H,12-20,25-27,29-31H2,1-11H3,(H,62,73)(H,64,74)(H,65,75)/b42-21+,43-22+,58-23?,59-24+/t32-,33-,36-,37-,40+,41+,44+,45+,46-,47-,56-,57-/m1/s1. The summed E-state index contributed by atoms with van der Waals surface area (Å²) in [5.74, 6) is -1.02. The highest BCUT2D eigenvalue weighted by Crippen LogP contribution is 2.51. The lowest BCUT2D eigenvalue weighted by atomic mass is 9.83. The van der Waals surface area contributed by atoms with E-state index in [1.54, 1.807) is 26.1 Å². The van der Waals surface area contributed by atoms with Crippen molar-refractivity contribution >= 4 is 65.8 Å². The summed E-state index contributed by atoms with van der Waals surface area (Å²) in [6.07, 6.45) is 13.1. The smallest absolute Gasteiger partial charge is 0.408 e. The van der Waals surface area contributed by atoms with Gasteiger partial charge in [0.15, 0.2) is 17.3 Å². The molecule has 22 heteroatoms. The average molecular weight is 1100 g/mol. The molecule has 0 aromatic rings. The van der Waals surface area contributed by atoms with Crippen molar-refractivity contribution in [2.75, 3.05) is 26.2 Å². The van der Waals surface area contributed by atoms with E-state index in [0.29, 0.717) is 43.0 Å². The zero-order chi connectivity index (χ0) is 57.4. The number of nitrogens with one attached hydrogen (secondary N) is 5. The van der Waals surface area contributed by atoms with Gasteiger partial charge in [-0.15, -0.1) is 0 Å². The molecule has 0 unspecified atom stereocenters. The number of amidine groups is 1. The van der Waals surface area contributed by atoms with Crippen molar-refractivity contribution in [3.63, 3.8) is 0 Å². The highest BCUT2D eigenvalue weighted by Gasteiger charge is 2.56. The van der Waals surface area contributed by atoms with E-state index in [-0.39, 0.29) is 61.4 Å². The Hall–Kier alpha value is -6.61. The van der Waals surface area contributed by atoms with Crippen molar-refractivity contribution in [1.29, 1.82) is 5.41 Å². The molecule has 2 aliphatic carbocycles. The lowest BCUT2D eigenvalue weighted by Gasteiger charge is -2.37. The normalized spacial score (nSPS) is 35.2. The third kappa shape index (κ3) is 13.2. The van der Waals surface area contributed by atoms with E-state index in [0.717, 1.165) is 51.2 Å². The molecule has 0 aromatic heterocycles. The molecule has 79 heavy (non-hydrogen) atoms. The fraction of sp³-hybridized carbons (Fsp3) is 0.702. The first-order valence-corrected chi connectivity index (χ1v) is 28.3. The van der Waals surface area contributed by atoms with Crippen LogP contribution < -0.4 is 21.3 Å². The Morgan fingerprint density at radius 1 is 0.759 bits per heavy atom. The van der Waals surface area contributed by atoms with Crippen molar-refractivity contribution < 1.29 is 52.5 Å². The van der Waals surface area contributed by atoms with Crippen molar-refractivity contribution in [3.05, 3.63) is 35.8 Å². The summed E-state index contributed by atoms with van der Waals surface area (Å²) in [6, 6.07) is -4.53. The molecule has 432 valence electrons. The molecule has 0 radical (unpaired) electrons. The summed E-state index contributed by atoms with van der Waals surface area (Å²) < 4.78 is 25.2. The highest BCUT2D eigenvalue weighted by atomic mass is 16.6. The second kappa shape index (κ2) is 23.2. The molecule has 2 saturated carbocycles. The van der Waals surface area contributed by atoms with Crippen molar-refractivity contribution in [2.45, 2.75) is 194 Å².